The molecule has 5 N–H and O–H groups in total. The molecule has 8 nitrogen and oxygen atoms in total. The van der Waals surface area contributed by atoms with E-state index in [1.807, 2.05) is 25.1 Å². The standard InChI is InChI=1S/C36H54N2O6/c1-21-6-5-7-24(18-21)37-31(41)13-11-29(34(43)44)38-32(42)12-8-22(2)26-9-10-27-33-28(15-17-36(26,27)4)35(3)16-14-25(39)19-23(35)20-30(33)40/h5-7,18,22-23,25-30,33,39-40H,8-17,19-20H2,1-4H3,(H,37,41)(H,38,42)(H,43,44)/t22-,23-,25-,26-,27+,28+,29+,30-,33+,35+,36-/m1/s1. The van der Waals surface area contributed by atoms with E-state index in [0.29, 0.717) is 47.6 Å². The molecule has 8 heteroatoms. The minimum Gasteiger partial charge on any atom is -0.480 e. The van der Waals surface area contributed by atoms with E-state index in [0.717, 1.165) is 56.9 Å². The lowest BCUT2D eigenvalue weighted by Gasteiger charge is -2.62. The molecule has 0 heterocycles. The highest BCUT2D eigenvalue weighted by molar-refractivity contribution is 5.91. The van der Waals surface area contributed by atoms with Gasteiger partial charge in [0.1, 0.15) is 6.04 Å². The van der Waals surface area contributed by atoms with Crippen LogP contribution in [0.2, 0.25) is 0 Å². The molecule has 0 bridgehead atoms. The number of carboxylic acids is 1. The van der Waals surface area contributed by atoms with Crippen LogP contribution in [0.5, 0.6) is 0 Å². The minimum atomic E-state index is -1.13. The number of carboxylic acid groups (broad SMARTS) is 1. The van der Waals surface area contributed by atoms with E-state index < -0.39 is 12.0 Å². The fraction of sp³-hybridized carbons (Fsp3) is 0.750. The summed E-state index contributed by atoms with van der Waals surface area (Å²) < 4.78 is 0. The van der Waals surface area contributed by atoms with Crippen molar-refractivity contribution in [3.8, 4) is 0 Å². The first kappa shape index (κ1) is 32.9. The number of nitrogens with one attached hydrogen (secondary N) is 2. The van der Waals surface area contributed by atoms with E-state index in [-0.39, 0.29) is 54.1 Å². The van der Waals surface area contributed by atoms with Gasteiger partial charge in [-0.2, -0.15) is 0 Å². The topological polar surface area (TPSA) is 136 Å². The molecule has 0 radical (unpaired) electrons. The molecule has 4 aliphatic rings. The van der Waals surface area contributed by atoms with Crippen LogP contribution in [0, 0.1) is 53.3 Å². The van der Waals surface area contributed by atoms with Crippen molar-refractivity contribution in [3.05, 3.63) is 29.8 Å². The van der Waals surface area contributed by atoms with Crippen LogP contribution in [0.15, 0.2) is 24.3 Å². The third-order valence-corrected chi connectivity index (χ3v) is 12.8. The van der Waals surface area contributed by atoms with Gasteiger partial charge in [-0.15, -0.1) is 0 Å². The van der Waals surface area contributed by atoms with E-state index in [1.54, 1.807) is 6.07 Å². The predicted octanol–water partition coefficient (Wildman–Crippen LogP) is 5.69. The Bertz CT molecular complexity index is 1220. The Morgan fingerprint density at radius 1 is 0.932 bits per heavy atom. The van der Waals surface area contributed by atoms with E-state index in [1.165, 1.54) is 0 Å². The number of aliphatic hydroxyl groups excluding tert-OH is 2. The van der Waals surface area contributed by atoms with Crippen LogP contribution in [-0.4, -0.2) is 51.4 Å². The molecular weight excluding hydrogens is 556 g/mol. The number of hydrogen-bond donors (Lipinski definition) is 5. The van der Waals surface area contributed by atoms with E-state index in [4.69, 9.17) is 0 Å². The van der Waals surface area contributed by atoms with Gasteiger partial charge in [0, 0.05) is 18.5 Å². The van der Waals surface area contributed by atoms with Crippen molar-refractivity contribution in [2.75, 3.05) is 5.32 Å². The summed E-state index contributed by atoms with van der Waals surface area (Å²) in [6.45, 7) is 9.03. The fourth-order valence-corrected chi connectivity index (χ4v) is 10.5. The number of amides is 2. The maximum Gasteiger partial charge on any atom is 0.326 e. The van der Waals surface area contributed by atoms with Crippen LogP contribution in [-0.2, 0) is 14.4 Å². The van der Waals surface area contributed by atoms with Gasteiger partial charge < -0.3 is 26.0 Å². The summed E-state index contributed by atoms with van der Waals surface area (Å²) in [7, 11) is 0. The Labute approximate surface area is 262 Å². The van der Waals surface area contributed by atoms with Gasteiger partial charge in [-0.1, -0.05) is 32.9 Å². The molecular formula is C36H54N2O6. The maximum atomic E-state index is 12.9. The number of rotatable bonds is 10. The summed E-state index contributed by atoms with van der Waals surface area (Å²) >= 11 is 0. The Morgan fingerprint density at radius 2 is 1.64 bits per heavy atom. The number of benzene rings is 1. The van der Waals surface area contributed by atoms with Crippen LogP contribution in [0.3, 0.4) is 0 Å². The number of fused-ring (bicyclic) bond motifs is 5. The fourth-order valence-electron chi connectivity index (χ4n) is 10.5. The number of carbonyl (C=O) groups is 3. The van der Waals surface area contributed by atoms with Gasteiger partial charge >= 0.3 is 5.97 Å². The zero-order valence-electron chi connectivity index (χ0n) is 27.1. The third-order valence-electron chi connectivity index (χ3n) is 12.8. The summed E-state index contributed by atoms with van der Waals surface area (Å²) in [5, 5.41) is 37.0. The van der Waals surface area contributed by atoms with Gasteiger partial charge in [0.15, 0.2) is 0 Å². The second-order valence-electron chi connectivity index (χ2n) is 15.4. The van der Waals surface area contributed by atoms with Crippen molar-refractivity contribution in [1.29, 1.82) is 0 Å². The molecule has 0 saturated heterocycles. The van der Waals surface area contributed by atoms with E-state index in [2.05, 4.69) is 31.4 Å². The van der Waals surface area contributed by atoms with E-state index >= 15 is 0 Å². The lowest BCUT2D eigenvalue weighted by atomic mass is 9.43. The quantitative estimate of drug-likeness (QED) is 0.231. The SMILES string of the molecule is Cc1cccc(NC(=O)CC[C@H](NC(=O)CC[C@@H](C)[C@H]2CC[C@H]3[C@@H]4[C@H](O)C[C@H]5C[C@H](O)CC[C@]5(C)[C@H]4CC[C@]23C)C(=O)O)c1. The average molecular weight is 611 g/mol. The Balaban J connectivity index is 1.13. The Morgan fingerprint density at radius 3 is 2.36 bits per heavy atom. The first-order valence-electron chi connectivity index (χ1n) is 17.1. The number of aryl methyl sites for hydroxylation is 1. The molecule has 4 aliphatic carbocycles. The van der Waals surface area contributed by atoms with Gasteiger partial charge in [-0.05, 0) is 135 Å². The molecule has 44 heavy (non-hydrogen) atoms. The minimum absolute atomic E-state index is 0.00219. The van der Waals surface area contributed by atoms with Gasteiger partial charge in [0.25, 0.3) is 0 Å². The number of aliphatic carboxylic acids is 1. The van der Waals surface area contributed by atoms with Crippen molar-refractivity contribution >= 4 is 23.5 Å². The highest BCUT2D eigenvalue weighted by Gasteiger charge is 2.62. The summed E-state index contributed by atoms with van der Waals surface area (Å²) in [4.78, 5) is 37.2. The first-order chi connectivity index (χ1) is 20.8. The summed E-state index contributed by atoms with van der Waals surface area (Å²) in [6.07, 6.45) is 8.48. The second-order valence-corrected chi connectivity index (χ2v) is 15.4. The largest absolute Gasteiger partial charge is 0.480 e. The number of aliphatic hydroxyl groups is 2. The Hall–Kier alpha value is -2.45. The number of hydrogen-bond acceptors (Lipinski definition) is 5. The van der Waals surface area contributed by atoms with Crippen molar-refractivity contribution in [3.63, 3.8) is 0 Å². The second kappa shape index (κ2) is 13.1. The normalized spacial score (nSPS) is 37.5. The van der Waals surface area contributed by atoms with Crippen LogP contribution in [0.25, 0.3) is 0 Å². The molecule has 0 aliphatic heterocycles. The van der Waals surface area contributed by atoms with Gasteiger partial charge in [-0.3, -0.25) is 9.59 Å². The van der Waals surface area contributed by atoms with Gasteiger partial charge in [-0.25, -0.2) is 4.79 Å². The van der Waals surface area contributed by atoms with Crippen LogP contribution in [0.4, 0.5) is 5.69 Å². The predicted molar refractivity (Wildman–Crippen MR) is 170 cm³/mol. The van der Waals surface area contributed by atoms with Crippen molar-refractivity contribution in [2.24, 2.45) is 46.3 Å². The van der Waals surface area contributed by atoms with Crippen LogP contribution in [0.1, 0.15) is 103 Å². The molecule has 5 rings (SSSR count). The van der Waals surface area contributed by atoms with Crippen LogP contribution < -0.4 is 10.6 Å². The van der Waals surface area contributed by atoms with Gasteiger partial charge in [0.2, 0.25) is 11.8 Å². The lowest BCUT2D eigenvalue weighted by Crippen LogP contribution is -2.58. The maximum absolute atomic E-state index is 12.9. The lowest BCUT2D eigenvalue weighted by molar-refractivity contribution is -0.174. The Kier molecular flexibility index (Phi) is 9.81. The summed E-state index contributed by atoms with van der Waals surface area (Å²) in [5.74, 6) is 0.774. The average Bonchev–Trinajstić information content (AvgIpc) is 3.32. The molecule has 4 fully saturated rings. The highest BCUT2D eigenvalue weighted by atomic mass is 16.4. The highest BCUT2D eigenvalue weighted by Crippen LogP contribution is 2.68. The molecule has 2 amide bonds. The first-order valence-corrected chi connectivity index (χ1v) is 17.1. The summed E-state index contributed by atoms with van der Waals surface area (Å²) in [6, 6.07) is 6.31. The molecule has 0 aromatic heterocycles. The van der Waals surface area contributed by atoms with Crippen molar-refractivity contribution in [2.45, 2.75) is 123 Å². The molecule has 11 atom stereocenters. The van der Waals surface area contributed by atoms with Crippen molar-refractivity contribution < 1.29 is 29.7 Å². The molecule has 0 spiro atoms. The van der Waals surface area contributed by atoms with Gasteiger partial charge in [0.05, 0.1) is 12.2 Å². The van der Waals surface area contributed by atoms with Crippen molar-refractivity contribution in [1.82, 2.24) is 5.32 Å². The molecule has 0 unspecified atom stereocenters. The molecule has 1 aromatic rings. The summed E-state index contributed by atoms with van der Waals surface area (Å²) in [5.41, 5.74) is 2.02. The number of anilines is 1. The van der Waals surface area contributed by atoms with Crippen LogP contribution >= 0.6 is 0 Å². The smallest absolute Gasteiger partial charge is 0.326 e. The monoisotopic (exact) mass is 610 g/mol. The zero-order chi connectivity index (χ0) is 31.8. The van der Waals surface area contributed by atoms with E-state index in [9.17, 15) is 29.7 Å². The molecule has 244 valence electrons. The molecule has 1 aromatic carbocycles. The molecule has 4 saturated carbocycles. The number of carbonyl (C=O) groups excluding carboxylic acids is 2. The third kappa shape index (κ3) is 6.57. The zero-order valence-corrected chi connectivity index (χ0v) is 27.1.